The van der Waals surface area contributed by atoms with E-state index in [-0.39, 0.29) is 42.0 Å². The van der Waals surface area contributed by atoms with Gasteiger partial charge in [0.05, 0.1) is 5.69 Å². The lowest BCUT2D eigenvalue weighted by Gasteiger charge is -2.26. The van der Waals surface area contributed by atoms with Crippen LogP contribution in [-0.2, 0) is 4.79 Å². The summed E-state index contributed by atoms with van der Waals surface area (Å²) >= 11 is 0. The molecule has 31 heavy (non-hydrogen) atoms. The zero-order valence-electron chi connectivity index (χ0n) is 18.4. The quantitative estimate of drug-likeness (QED) is 0.296. The number of amides is 1. The molecule has 0 spiro atoms. The standard InChI is InChI=1S/C22H33F2N5O.HI/c1-3-18(29-12-5-6-21(29)30)9-11-26-22(25-4-2)27-17-10-13-28(15-17)20-8-7-16(23)14-19(20)24;/h7-8,14,17-18H,3-6,9-13,15H2,1-2H3,(H2,25,26,27);1H. The zero-order chi connectivity index (χ0) is 21.5. The number of nitrogens with one attached hydrogen (secondary N) is 2. The van der Waals surface area contributed by atoms with E-state index in [9.17, 15) is 13.6 Å². The average molecular weight is 549 g/mol. The third-order valence-corrected chi connectivity index (χ3v) is 5.88. The van der Waals surface area contributed by atoms with Gasteiger partial charge in [-0.15, -0.1) is 24.0 Å². The predicted molar refractivity (Wildman–Crippen MR) is 131 cm³/mol. The fourth-order valence-electron chi connectivity index (χ4n) is 4.31. The number of halogens is 3. The molecule has 0 bridgehead atoms. The molecular weight excluding hydrogens is 515 g/mol. The molecule has 1 aromatic carbocycles. The molecule has 0 saturated carbocycles. The molecule has 1 amide bonds. The third-order valence-electron chi connectivity index (χ3n) is 5.88. The van der Waals surface area contributed by atoms with Gasteiger partial charge in [-0.25, -0.2) is 8.78 Å². The molecule has 0 aromatic heterocycles. The Balaban J connectivity index is 0.00000341. The summed E-state index contributed by atoms with van der Waals surface area (Å²) in [7, 11) is 0. The van der Waals surface area contributed by atoms with E-state index in [0.717, 1.165) is 50.8 Å². The topological polar surface area (TPSA) is 60.0 Å². The fraction of sp³-hybridized carbons (Fsp3) is 0.636. The van der Waals surface area contributed by atoms with Crippen molar-refractivity contribution in [2.75, 3.05) is 37.6 Å². The molecule has 0 aliphatic carbocycles. The van der Waals surface area contributed by atoms with E-state index >= 15 is 0 Å². The molecule has 6 nitrogen and oxygen atoms in total. The maximum atomic E-state index is 14.1. The Hall–Kier alpha value is -1.65. The van der Waals surface area contributed by atoms with Crippen molar-refractivity contribution in [1.82, 2.24) is 15.5 Å². The van der Waals surface area contributed by atoms with E-state index in [0.29, 0.717) is 31.7 Å². The summed E-state index contributed by atoms with van der Waals surface area (Å²) in [5, 5.41) is 6.71. The molecule has 2 saturated heterocycles. The second-order valence-electron chi connectivity index (χ2n) is 7.97. The maximum Gasteiger partial charge on any atom is 0.222 e. The summed E-state index contributed by atoms with van der Waals surface area (Å²) in [5.74, 6) is -0.0903. The van der Waals surface area contributed by atoms with E-state index in [1.54, 1.807) is 0 Å². The second kappa shape index (κ2) is 12.4. The number of aliphatic imine (C=N–C) groups is 1. The van der Waals surface area contributed by atoms with Gasteiger partial charge in [-0.05, 0) is 44.7 Å². The molecule has 2 aliphatic heterocycles. The summed E-state index contributed by atoms with van der Waals surface area (Å²) < 4.78 is 27.3. The number of hydrogen-bond donors (Lipinski definition) is 2. The van der Waals surface area contributed by atoms with Crippen molar-refractivity contribution < 1.29 is 13.6 Å². The molecule has 2 heterocycles. The van der Waals surface area contributed by atoms with E-state index in [2.05, 4.69) is 17.6 Å². The minimum Gasteiger partial charge on any atom is -0.367 e. The van der Waals surface area contributed by atoms with Crippen molar-refractivity contribution in [3.05, 3.63) is 29.8 Å². The second-order valence-corrected chi connectivity index (χ2v) is 7.97. The number of anilines is 1. The minimum absolute atomic E-state index is 0. The van der Waals surface area contributed by atoms with Crippen LogP contribution in [0.25, 0.3) is 0 Å². The number of benzene rings is 1. The van der Waals surface area contributed by atoms with E-state index in [1.165, 1.54) is 12.1 Å². The Kier molecular flexibility index (Phi) is 10.2. The van der Waals surface area contributed by atoms with Crippen molar-refractivity contribution in [2.45, 2.75) is 58.0 Å². The fourth-order valence-corrected chi connectivity index (χ4v) is 4.31. The van der Waals surface area contributed by atoms with Gasteiger partial charge in [0.2, 0.25) is 5.91 Å². The van der Waals surface area contributed by atoms with Crippen LogP contribution in [0.3, 0.4) is 0 Å². The van der Waals surface area contributed by atoms with Crippen LogP contribution >= 0.6 is 24.0 Å². The van der Waals surface area contributed by atoms with Gasteiger partial charge in [0, 0.05) is 57.3 Å². The average Bonchev–Trinajstić information content (AvgIpc) is 3.34. The van der Waals surface area contributed by atoms with Crippen molar-refractivity contribution >= 4 is 41.5 Å². The smallest absolute Gasteiger partial charge is 0.222 e. The normalized spacial score (nSPS) is 20.1. The molecular formula is C22H34F2IN5O. The van der Waals surface area contributed by atoms with Gasteiger partial charge >= 0.3 is 0 Å². The molecule has 2 unspecified atom stereocenters. The van der Waals surface area contributed by atoms with Crippen LogP contribution in [0.2, 0.25) is 0 Å². The van der Waals surface area contributed by atoms with E-state index < -0.39 is 11.6 Å². The van der Waals surface area contributed by atoms with Crippen LogP contribution < -0.4 is 15.5 Å². The van der Waals surface area contributed by atoms with E-state index in [1.807, 2.05) is 16.7 Å². The highest BCUT2D eigenvalue weighted by Gasteiger charge is 2.27. The van der Waals surface area contributed by atoms with Crippen LogP contribution in [0.15, 0.2) is 23.2 Å². The monoisotopic (exact) mass is 549 g/mol. The Labute approximate surface area is 200 Å². The number of hydrogen-bond acceptors (Lipinski definition) is 3. The zero-order valence-corrected chi connectivity index (χ0v) is 20.7. The molecule has 2 fully saturated rings. The molecule has 2 aliphatic rings. The third kappa shape index (κ3) is 6.92. The maximum absolute atomic E-state index is 14.1. The van der Waals surface area contributed by atoms with Gasteiger partial charge in [-0.2, -0.15) is 0 Å². The Morgan fingerprint density at radius 3 is 2.74 bits per heavy atom. The Morgan fingerprint density at radius 1 is 1.29 bits per heavy atom. The van der Waals surface area contributed by atoms with Crippen molar-refractivity contribution in [2.24, 2.45) is 4.99 Å². The summed E-state index contributed by atoms with van der Waals surface area (Å²) in [6.07, 6.45) is 4.25. The molecule has 2 N–H and O–H groups in total. The molecule has 1 aromatic rings. The van der Waals surface area contributed by atoms with Gasteiger partial charge in [0.25, 0.3) is 0 Å². The first kappa shape index (κ1) is 25.6. The van der Waals surface area contributed by atoms with Gasteiger partial charge < -0.3 is 20.4 Å². The minimum atomic E-state index is -0.562. The molecule has 174 valence electrons. The van der Waals surface area contributed by atoms with Crippen molar-refractivity contribution in [1.29, 1.82) is 0 Å². The van der Waals surface area contributed by atoms with Crippen LogP contribution in [-0.4, -0.2) is 61.6 Å². The van der Waals surface area contributed by atoms with Crippen LogP contribution in [0.4, 0.5) is 14.5 Å². The molecule has 3 rings (SSSR count). The highest BCUT2D eigenvalue weighted by molar-refractivity contribution is 14.0. The molecule has 0 radical (unpaired) electrons. The van der Waals surface area contributed by atoms with Gasteiger partial charge in [-0.3, -0.25) is 9.79 Å². The Bertz CT molecular complexity index is 763. The van der Waals surface area contributed by atoms with Gasteiger partial charge in [0.15, 0.2) is 5.96 Å². The van der Waals surface area contributed by atoms with Gasteiger partial charge in [-0.1, -0.05) is 6.92 Å². The number of nitrogens with zero attached hydrogens (tertiary/aromatic N) is 3. The van der Waals surface area contributed by atoms with Crippen molar-refractivity contribution in [3.8, 4) is 0 Å². The number of carbonyl (C=O) groups excluding carboxylic acids is 1. The molecule has 9 heteroatoms. The largest absolute Gasteiger partial charge is 0.367 e. The summed E-state index contributed by atoms with van der Waals surface area (Å²) in [4.78, 5) is 20.6. The Morgan fingerprint density at radius 2 is 2.10 bits per heavy atom. The SMILES string of the molecule is CCNC(=NCCC(CC)N1CCCC1=O)NC1CCN(c2ccc(F)cc2F)C1.I. The number of guanidine groups is 1. The highest BCUT2D eigenvalue weighted by atomic mass is 127. The number of likely N-dealkylation sites (tertiary alicyclic amines) is 1. The lowest BCUT2D eigenvalue weighted by molar-refractivity contribution is -0.129. The van der Waals surface area contributed by atoms with E-state index in [4.69, 9.17) is 4.99 Å². The summed E-state index contributed by atoms with van der Waals surface area (Å²) in [6, 6.07) is 4.10. The van der Waals surface area contributed by atoms with Crippen molar-refractivity contribution in [3.63, 3.8) is 0 Å². The first-order chi connectivity index (χ1) is 14.5. The lowest BCUT2D eigenvalue weighted by atomic mass is 10.1. The van der Waals surface area contributed by atoms with Crippen LogP contribution in [0.5, 0.6) is 0 Å². The highest BCUT2D eigenvalue weighted by Crippen LogP contribution is 2.24. The van der Waals surface area contributed by atoms with Crippen LogP contribution in [0.1, 0.15) is 46.0 Å². The lowest BCUT2D eigenvalue weighted by Crippen LogP contribution is -2.45. The summed E-state index contributed by atoms with van der Waals surface area (Å²) in [6.45, 7) is 7.71. The summed E-state index contributed by atoms with van der Waals surface area (Å²) in [5.41, 5.74) is 0.434. The van der Waals surface area contributed by atoms with Gasteiger partial charge in [0.1, 0.15) is 11.6 Å². The molecule has 2 atom stereocenters. The number of rotatable bonds is 8. The van der Waals surface area contributed by atoms with Crippen LogP contribution in [0, 0.1) is 11.6 Å². The first-order valence-electron chi connectivity index (χ1n) is 11.1. The predicted octanol–water partition coefficient (Wildman–Crippen LogP) is 3.51. The first-order valence-corrected chi connectivity index (χ1v) is 11.1. The number of carbonyl (C=O) groups is 1.